The van der Waals surface area contributed by atoms with Gasteiger partial charge in [0.05, 0.1) is 11.0 Å². The van der Waals surface area contributed by atoms with Crippen LogP contribution in [0, 0.1) is 0 Å². The van der Waals surface area contributed by atoms with E-state index in [0.29, 0.717) is 24.1 Å². The second-order valence-corrected chi connectivity index (χ2v) is 7.78. The highest BCUT2D eigenvalue weighted by atomic mass is 32.2. The molecular formula is C13H22N2O3S2. The lowest BCUT2D eigenvalue weighted by molar-refractivity contribution is 0.0799. The van der Waals surface area contributed by atoms with E-state index in [-0.39, 0.29) is 6.10 Å². The highest BCUT2D eigenvalue weighted by Gasteiger charge is 2.21. The second-order valence-electron chi connectivity index (χ2n) is 5.02. The first-order chi connectivity index (χ1) is 9.51. The van der Waals surface area contributed by atoms with Crippen LogP contribution in [0.5, 0.6) is 0 Å². The van der Waals surface area contributed by atoms with Crippen LogP contribution >= 0.6 is 11.3 Å². The minimum Gasteiger partial charge on any atom is -0.377 e. The maximum Gasteiger partial charge on any atom is 0.241 e. The van der Waals surface area contributed by atoms with Gasteiger partial charge in [-0.15, -0.1) is 11.3 Å². The van der Waals surface area contributed by atoms with E-state index in [0.717, 1.165) is 11.4 Å². The van der Waals surface area contributed by atoms with Gasteiger partial charge in [-0.1, -0.05) is 0 Å². The first-order valence-electron chi connectivity index (χ1n) is 6.93. The number of rotatable bonds is 9. The molecule has 0 amide bonds. The molecule has 2 N–H and O–H groups in total. The first-order valence-corrected chi connectivity index (χ1v) is 9.29. The summed E-state index contributed by atoms with van der Waals surface area (Å²) in [4.78, 5) is 1.40. The van der Waals surface area contributed by atoms with Crippen molar-refractivity contribution in [1.82, 2.24) is 10.0 Å². The summed E-state index contributed by atoms with van der Waals surface area (Å²) in [6.07, 6.45) is 2.34. The van der Waals surface area contributed by atoms with E-state index in [2.05, 4.69) is 10.0 Å². The molecule has 1 aromatic heterocycles. The Bertz CT molecular complexity index is 523. The third-order valence-electron chi connectivity index (χ3n) is 3.09. The summed E-state index contributed by atoms with van der Waals surface area (Å²) in [5.41, 5.74) is 0. The zero-order chi connectivity index (χ0) is 14.6. The molecule has 1 aliphatic carbocycles. The molecule has 0 radical (unpaired) electrons. The van der Waals surface area contributed by atoms with Gasteiger partial charge in [0.25, 0.3) is 0 Å². The van der Waals surface area contributed by atoms with Gasteiger partial charge >= 0.3 is 0 Å². The summed E-state index contributed by atoms with van der Waals surface area (Å²) < 4.78 is 32.1. The molecule has 1 aromatic rings. The Balaban J connectivity index is 1.87. The fraction of sp³-hybridized carbons (Fsp3) is 0.692. The van der Waals surface area contributed by atoms with Crippen molar-refractivity contribution in [2.45, 2.75) is 50.3 Å². The van der Waals surface area contributed by atoms with Crippen LogP contribution in [0.25, 0.3) is 0 Å². The van der Waals surface area contributed by atoms with Gasteiger partial charge in [-0.25, -0.2) is 13.1 Å². The Morgan fingerprint density at radius 3 is 2.90 bits per heavy atom. The van der Waals surface area contributed by atoms with E-state index in [1.165, 1.54) is 24.2 Å². The van der Waals surface area contributed by atoms with Crippen LogP contribution in [0.3, 0.4) is 0 Å². The fourth-order valence-electron chi connectivity index (χ4n) is 1.78. The van der Waals surface area contributed by atoms with Gasteiger partial charge in [0, 0.05) is 36.0 Å². The molecule has 2 rings (SSSR count). The number of nitrogens with one attached hydrogen (secondary N) is 2. The molecule has 7 heteroatoms. The average Bonchev–Trinajstić information content (AvgIpc) is 3.11. The normalized spacial score (nSPS) is 17.3. The third-order valence-corrected chi connectivity index (χ3v) is 5.58. The summed E-state index contributed by atoms with van der Waals surface area (Å²) in [7, 11) is -3.42. The van der Waals surface area contributed by atoms with Crippen molar-refractivity contribution in [2.24, 2.45) is 0 Å². The molecule has 1 unspecified atom stereocenters. The minimum absolute atomic E-state index is 0.121. The maximum absolute atomic E-state index is 12.1. The number of sulfonamides is 1. The summed E-state index contributed by atoms with van der Waals surface area (Å²) in [5, 5.41) is 5.07. The maximum atomic E-state index is 12.1. The van der Waals surface area contributed by atoms with Crippen LogP contribution in [0.15, 0.2) is 16.3 Å². The Labute approximate surface area is 124 Å². The Morgan fingerprint density at radius 1 is 1.50 bits per heavy atom. The fourth-order valence-corrected chi connectivity index (χ4v) is 4.12. The van der Waals surface area contributed by atoms with Gasteiger partial charge < -0.3 is 10.1 Å². The molecule has 0 spiro atoms. The molecule has 0 aliphatic heterocycles. The molecular weight excluding hydrogens is 296 g/mol. The molecule has 1 fully saturated rings. The van der Waals surface area contributed by atoms with Gasteiger partial charge in [-0.05, 0) is 32.8 Å². The molecule has 1 heterocycles. The van der Waals surface area contributed by atoms with E-state index >= 15 is 0 Å². The smallest absolute Gasteiger partial charge is 0.241 e. The molecule has 5 nitrogen and oxygen atoms in total. The summed E-state index contributed by atoms with van der Waals surface area (Å²) >= 11 is 1.48. The van der Waals surface area contributed by atoms with Gasteiger partial charge in [-0.3, -0.25) is 0 Å². The SMILES string of the molecule is CCOC(C)CNS(=O)(=O)c1csc(CNC2CC2)c1. The summed E-state index contributed by atoms with van der Waals surface area (Å²) in [6.45, 7) is 5.37. The lowest BCUT2D eigenvalue weighted by Gasteiger charge is -2.12. The number of hydrogen-bond donors (Lipinski definition) is 2. The van der Waals surface area contributed by atoms with Crippen molar-refractivity contribution in [3.8, 4) is 0 Å². The lowest BCUT2D eigenvalue weighted by Crippen LogP contribution is -2.32. The Kier molecular flexibility index (Phi) is 5.57. The van der Waals surface area contributed by atoms with Crippen molar-refractivity contribution >= 4 is 21.4 Å². The van der Waals surface area contributed by atoms with E-state index < -0.39 is 10.0 Å². The molecule has 1 aliphatic rings. The largest absolute Gasteiger partial charge is 0.377 e. The highest BCUT2D eigenvalue weighted by molar-refractivity contribution is 7.89. The van der Waals surface area contributed by atoms with Gasteiger partial charge in [0.15, 0.2) is 0 Å². The molecule has 114 valence electrons. The van der Waals surface area contributed by atoms with Gasteiger partial charge in [0.1, 0.15) is 0 Å². The quantitative estimate of drug-likeness (QED) is 0.727. The van der Waals surface area contributed by atoms with E-state index in [1.54, 1.807) is 11.4 Å². The highest BCUT2D eigenvalue weighted by Crippen LogP contribution is 2.22. The second kappa shape index (κ2) is 7.00. The van der Waals surface area contributed by atoms with Gasteiger partial charge in [0.2, 0.25) is 10.0 Å². The van der Waals surface area contributed by atoms with Crippen molar-refractivity contribution < 1.29 is 13.2 Å². The van der Waals surface area contributed by atoms with Crippen molar-refractivity contribution in [1.29, 1.82) is 0 Å². The van der Waals surface area contributed by atoms with E-state index in [4.69, 9.17) is 4.74 Å². The van der Waals surface area contributed by atoms with Crippen molar-refractivity contribution in [3.05, 3.63) is 16.3 Å². The summed E-state index contributed by atoms with van der Waals surface area (Å²) in [5.74, 6) is 0. The third kappa shape index (κ3) is 4.82. The molecule has 1 saturated carbocycles. The Hall–Kier alpha value is -0.470. The van der Waals surface area contributed by atoms with Crippen LogP contribution in [0.4, 0.5) is 0 Å². The molecule has 20 heavy (non-hydrogen) atoms. The average molecular weight is 318 g/mol. The van der Waals surface area contributed by atoms with Crippen LogP contribution in [-0.2, 0) is 21.3 Å². The van der Waals surface area contributed by atoms with Crippen LogP contribution < -0.4 is 10.0 Å². The van der Waals surface area contributed by atoms with Crippen molar-refractivity contribution in [3.63, 3.8) is 0 Å². The number of thiophene rings is 1. The minimum atomic E-state index is -3.42. The van der Waals surface area contributed by atoms with Gasteiger partial charge in [-0.2, -0.15) is 0 Å². The van der Waals surface area contributed by atoms with Crippen molar-refractivity contribution in [2.75, 3.05) is 13.2 Å². The molecule has 0 aromatic carbocycles. The van der Waals surface area contributed by atoms with E-state index in [9.17, 15) is 8.42 Å². The zero-order valence-electron chi connectivity index (χ0n) is 11.9. The molecule has 0 saturated heterocycles. The topological polar surface area (TPSA) is 67.4 Å². The van der Waals surface area contributed by atoms with Crippen LogP contribution in [-0.4, -0.2) is 33.7 Å². The molecule has 1 atom stereocenters. The van der Waals surface area contributed by atoms with Crippen LogP contribution in [0.2, 0.25) is 0 Å². The monoisotopic (exact) mass is 318 g/mol. The first kappa shape index (κ1) is 15.9. The Morgan fingerprint density at radius 2 is 2.25 bits per heavy atom. The van der Waals surface area contributed by atoms with E-state index in [1.807, 2.05) is 13.8 Å². The predicted octanol–water partition coefficient (Wildman–Crippen LogP) is 1.70. The molecule has 0 bridgehead atoms. The number of hydrogen-bond acceptors (Lipinski definition) is 5. The summed E-state index contributed by atoms with van der Waals surface area (Å²) in [6, 6.07) is 2.37. The lowest BCUT2D eigenvalue weighted by atomic mass is 10.4. The predicted molar refractivity (Wildman–Crippen MR) is 80.5 cm³/mol. The van der Waals surface area contributed by atoms with Crippen LogP contribution in [0.1, 0.15) is 31.6 Å². The standard InChI is InChI=1S/C13H22N2O3S2/c1-3-18-10(2)7-15-20(16,17)13-6-12(19-9-13)8-14-11-4-5-11/h6,9-11,14-15H,3-5,7-8H2,1-2H3. The number of ether oxygens (including phenoxy) is 1. The zero-order valence-corrected chi connectivity index (χ0v) is 13.5.